The molecule has 2 aliphatic heterocycles. The molecule has 2 heterocycles. The fourth-order valence-corrected chi connectivity index (χ4v) is 5.35. The number of aliphatic imine (C=N–C) groups is 1. The fraction of sp³-hybridized carbons (Fsp3) is 0.333. The molecule has 2 aromatic carbocycles. The number of nitrogens with zero attached hydrogens (tertiary/aromatic N) is 2. The van der Waals surface area contributed by atoms with Crippen molar-refractivity contribution in [2.24, 2.45) is 4.99 Å². The number of hydrogen-bond donors (Lipinski definition) is 1. The number of carbonyl (C=O) groups is 1. The van der Waals surface area contributed by atoms with Gasteiger partial charge in [0.05, 0.1) is 10.6 Å². The van der Waals surface area contributed by atoms with Gasteiger partial charge in [0.1, 0.15) is 0 Å². The Labute approximate surface area is 197 Å². The van der Waals surface area contributed by atoms with Crippen LogP contribution >= 0.6 is 35.0 Å². The van der Waals surface area contributed by atoms with Crippen molar-refractivity contribution in [3.8, 4) is 0 Å². The molecule has 0 radical (unpaired) electrons. The topological polar surface area (TPSA) is 44.7 Å². The zero-order valence-electron chi connectivity index (χ0n) is 18.2. The number of anilines is 1. The lowest BCUT2D eigenvalue weighted by Crippen LogP contribution is -2.45. The first-order valence-electron chi connectivity index (χ1n) is 10.2. The van der Waals surface area contributed by atoms with Gasteiger partial charge in [-0.2, -0.15) is 0 Å². The van der Waals surface area contributed by atoms with E-state index in [1.165, 1.54) is 17.3 Å². The van der Waals surface area contributed by atoms with Crippen LogP contribution in [0.2, 0.25) is 10.0 Å². The summed E-state index contributed by atoms with van der Waals surface area (Å²) in [5.41, 5.74) is 5.05. The largest absolute Gasteiger partial charge is 0.369 e. The molecule has 4 nitrogen and oxygen atoms in total. The Morgan fingerprint density at radius 2 is 2.00 bits per heavy atom. The third kappa shape index (κ3) is 4.36. The van der Waals surface area contributed by atoms with Gasteiger partial charge in [0, 0.05) is 28.3 Å². The third-order valence-corrected chi connectivity index (χ3v) is 7.55. The van der Waals surface area contributed by atoms with Crippen molar-refractivity contribution < 1.29 is 4.79 Å². The number of thioether (sulfide) groups is 1. The highest BCUT2D eigenvalue weighted by atomic mass is 35.5. The maximum Gasteiger partial charge on any atom is 0.264 e. The van der Waals surface area contributed by atoms with Crippen molar-refractivity contribution >= 4 is 63.5 Å². The van der Waals surface area contributed by atoms with Gasteiger partial charge in [-0.1, -0.05) is 36.2 Å². The van der Waals surface area contributed by atoms with Gasteiger partial charge >= 0.3 is 0 Å². The molecule has 0 unspecified atom stereocenters. The summed E-state index contributed by atoms with van der Waals surface area (Å²) in [6.45, 7) is 8.70. The molecule has 0 saturated carbocycles. The third-order valence-electron chi connectivity index (χ3n) is 6.08. The highest BCUT2D eigenvalue weighted by Gasteiger charge is 2.34. The number of carbonyl (C=O) groups excluding carboxylic acids is 1. The van der Waals surface area contributed by atoms with Gasteiger partial charge < -0.3 is 10.2 Å². The zero-order valence-corrected chi connectivity index (χ0v) is 20.5. The van der Waals surface area contributed by atoms with Gasteiger partial charge in [0.25, 0.3) is 5.91 Å². The zero-order chi connectivity index (χ0) is 22.5. The lowest BCUT2D eigenvalue weighted by molar-refractivity contribution is -0.115. The predicted molar refractivity (Wildman–Crippen MR) is 134 cm³/mol. The van der Waals surface area contributed by atoms with E-state index in [-0.39, 0.29) is 11.4 Å². The van der Waals surface area contributed by atoms with E-state index in [9.17, 15) is 4.79 Å². The average Bonchev–Trinajstić information content (AvgIpc) is 3.03. The van der Waals surface area contributed by atoms with Crippen LogP contribution in [0.15, 0.2) is 40.2 Å². The molecule has 0 aliphatic carbocycles. The standard InChI is InChI=1S/C24H25Cl2N3OS/c1-13-6-7-16(25)10-19(13)27-23-28-22(30)21(31-23)9-15-8-17-14(2)12-24(3,4)29(5)20(17)11-18(15)26/h6-11,14H,12H2,1-5H3,(H,27,28,30)/b21-9-/t14-/m0/s1. The Bertz CT molecular complexity index is 1140. The van der Waals surface area contributed by atoms with Crippen LogP contribution in [0.3, 0.4) is 0 Å². The van der Waals surface area contributed by atoms with Gasteiger partial charge in [-0.25, -0.2) is 4.99 Å². The maximum absolute atomic E-state index is 12.6. The monoisotopic (exact) mass is 473 g/mol. The van der Waals surface area contributed by atoms with Crippen LogP contribution in [0, 0.1) is 6.92 Å². The van der Waals surface area contributed by atoms with Crippen molar-refractivity contribution in [3.63, 3.8) is 0 Å². The van der Waals surface area contributed by atoms with Crippen LogP contribution in [-0.4, -0.2) is 23.7 Å². The summed E-state index contributed by atoms with van der Waals surface area (Å²) in [5, 5.41) is 4.61. The van der Waals surface area contributed by atoms with Gasteiger partial charge in [-0.05, 0) is 91.9 Å². The summed E-state index contributed by atoms with van der Waals surface area (Å²) in [7, 11) is 2.11. The number of aryl methyl sites for hydroxylation is 1. The van der Waals surface area contributed by atoms with Crippen LogP contribution in [-0.2, 0) is 4.79 Å². The molecule has 7 heteroatoms. The first-order valence-corrected chi connectivity index (χ1v) is 11.8. The summed E-state index contributed by atoms with van der Waals surface area (Å²) < 4.78 is 0. The minimum Gasteiger partial charge on any atom is -0.369 e. The van der Waals surface area contributed by atoms with Crippen molar-refractivity contribution in [2.45, 2.75) is 45.6 Å². The van der Waals surface area contributed by atoms with Gasteiger partial charge in [-0.3, -0.25) is 4.79 Å². The minimum absolute atomic E-state index is 0.0702. The predicted octanol–water partition coefficient (Wildman–Crippen LogP) is 6.92. The molecular formula is C24H25Cl2N3OS. The highest BCUT2D eigenvalue weighted by Crippen LogP contribution is 2.45. The second-order valence-electron chi connectivity index (χ2n) is 8.82. The maximum atomic E-state index is 12.6. The number of fused-ring (bicyclic) bond motifs is 1. The minimum atomic E-state index is -0.177. The van der Waals surface area contributed by atoms with Crippen LogP contribution in [0.5, 0.6) is 0 Å². The Morgan fingerprint density at radius 1 is 1.26 bits per heavy atom. The quantitative estimate of drug-likeness (QED) is 0.481. The number of halogens is 2. The van der Waals surface area contributed by atoms with E-state index in [1.54, 1.807) is 6.07 Å². The molecule has 0 aromatic heterocycles. The van der Waals surface area contributed by atoms with Crippen LogP contribution in [0.1, 0.15) is 49.8 Å². The number of nitrogens with one attached hydrogen (secondary N) is 1. The molecule has 2 aliphatic rings. The molecule has 162 valence electrons. The number of amidine groups is 1. The summed E-state index contributed by atoms with van der Waals surface area (Å²) in [5.74, 6) is 0.229. The van der Waals surface area contributed by atoms with E-state index in [1.807, 2.05) is 31.2 Å². The van der Waals surface area contributed by atoms with Gasteiger partial charge in [-0.15, -0.1) is 0 Å². The molecule has 0 bridgehead atoms. The highest BCUT2D eigenvalue weighted by molar-refractivity contribution is 8.18. The Hall–Kier alpha value is -1.95. The van der Waals surface area contributed by atoms with Crippen molar-refractivity contribution in [1.82, 2.24) is 5.32 Å². The summed E-state index contributed by atoms with van der Waals surface area (Å²) in [4.78, 5) is 20.0. The van der Waals surface area contributed by atoms with Crippen LogP contribution in [0.4, 0.5) is 11.4 Å². The summed E-state index contributed by atoms with van der Waals surface area (Å²) in [6, 6.07) is 9.65. The van der Waals surface area contributed by atoms with E-state index in [0.29, 0.717) is 26.0 Å². The number of benzene rings is 2. The molecule has 0 spiro atoms. The second kappa shape index (κ2) is 8.19. The molecular weight excluding hydrogens is 449 g/mol. The summed E-state index contributed by atoms with van der Waals surface area (Å²) in [6.07, 6.45) is 2.90. The first kappa shape index (κ1) is 22.3. The molecule has 1 fully saturated rings. The molecule has 1 saturated heterocycles. The Kier molecular flexibility index (Phi) is 5.88. The number of amides is 1. The number of hydrogen-bond acceptors (Lipinski definition) is 4. The Morgan fingerprint density at radius 3 is 2.74 bits per heavy atom. The molecule has 2 aromatic rings. The smallest absolute Gasteiger partial charge is 0.264 e. The van der Waals surface area contributed by atoms with Crippen molar-refractivity contribution in [3.05, 3.63) is 62.0 Å². The normalized spacial score (nSPS) is 22.7. The van der Waals surface area contributed by atoms with E-state index < -0.39 is 0 Å². The molecule has 31 heavy (non-hydrogen) atoms. The van der Waals surface area contributed by atoms with E-state index in [2.05, 4.69) is 49.1 Å². The second-order valence-corrected chi connectivity index (χ2v) is 10.7. The molecule has 4 rings (SSSR count). The van der Waals surface area contributed by atoms with Crippen molar-refractivity contribution in [1.29, 1.82) is 0 Å². The Balaban J connectivity index is 1.67. The van der Waals surface area contributed by atoms with Crippen LogP contribution in [0.25, 0.3) is 6.08 Å². The summed E-state index contributed by atoms with van der Waals surface area (Å²) >= 11 is 14.0. The number of rotatable bonds is 2. The fourth-order valence-electron chi connectivity index (χ4n) is 4.15. The first-order chi connectivity index (χ1) is 14.5. The molecule has 1 N–H and O–H groups in total. The lowest BCUT2D eigenvalue weighted by atomic mass is 9.80. The lowest BCUT2D eigenvalue weighted by Gasteiger charge is -2.45. The van der Waals surface area contributed by atoms with E-state index in [0.717, 1.165) is 28.9 Å². The molecule has 1 atom stereocenters. The van der Waals surface area contributed by atoms with Gasteiger partial charge in [0.2, 0.25) is 0 Å². The van der Waals surface area contributed by atoms with Crippen molar-refractivity contribution in [2.75, 3.05) is 11.9 Å². The van der Waals surface area contributed by atoms with E-state index in [4.69, 9.17) is 23.2 Å². The van der Waals surface area contributed by atoms with E-state index >= 15 is 0 Å². The molecule has 1 amide bonds. The average molecular weight is 474 g/mol. The SMILES string of the molecule is Cc1ccc(Cl)cc1N=C1NC(=O)/C(=C/c2cc3c(cc2Cl)N(C)C(C)(C)C[C@@H]3C)S1. The van der Waals surface area contributed by atoms with Crippen LogP contribution < -0.4 is 10.2 Å². The van der Waals surface area contributed by atoms with Gasteiger partial charge in [0.15, 0.2) is 5.17 Å².